The second kappa shape index (κ2) is 9.27. The summed E-state index contributed by atoms with van der Waals surface area (Å²) in [5.74, 6) is 0.485. The van der Waals surface area contributed by atoms with Crippen molar-refractivity contribution >= 4 is 61.2 Å². The van der Waals surface area contributed by atoms with Gasteiger partial charge in [0.15, 0.2) is 5.13 Å². The summed E-state index contributed by atoms with van der Waals surface area (Å²) in [6.07, 6.45) is 5.76. The molecular weight excluding hydrogens is 466 g/mol. The van der Waals surface area contributed by atoms with Gasteiger partial charge in [0.1, 0.15) is 5.52 Å². The number of hydrogen-bond acceptors (Lipinski definition) is 9. The van der Waals surface area contributed by atoms with E-state index in [0.29, 0.717) is 55.7 Å². The van der Waals surface area contributed by atoms with Crippen LogP contribution in [0.25, 0.3) is 15.8 Å². The van der Waals surface area contributed by atoms with Gasteiger partial charge in [-0.25, -0.2) is 14.8 Å². The molecular formula is C21H23N5O5S2. The van der Waals surface area contributed by atoms with E-state index in [4.69, 9.17) is 9.47 Å². The maximum atomic E-state index is 12.9. The third-order valence-electron chi connectivity index (χ3n) is 6.00. The van der Waals surface area contributed by atoms with Gasteiger partial charge in [0.05, 0.1) is 30.8 Å². The summed E-state index contributed by atoms with van der Waals surface area (Å²) in [4.78, 5) is 48.9. The van der Waals surface area contributed by atoms with E-state index in [1.54, 1.807) is 18.2 Å². The van der Waals surface area contributed by atoms with Crippen molar-refractivity contribution in [3.63, 3.8) is 0 Å². The average Bonchev–Trinajstić information content (AvgIpc) is 3.41. The minimum atomic E-state index is -0.250. The number of pyridine rings is 1. The number of carbonyl (C=O) groups excluding carboxylic acids is 3. The molecule has 0 aliphatic carbocycles. The summed E-state index contributed by atoms with van der Waals surface area (Å²) >= 11 is 2.43. The van der Waals surface area contributed by atoms with Gasteiger partial charge in [0.25, 0.3) is 5.24 Å². The number of imide groups is 1. The second-order valence-corrected chi connectivity index (χ2v) is 9.82. The molecule has 3 aliphatic rings. The molecule has 4 amide bonds. The number of likely N-dealkylation sites (tertiary alicyclic amines) is 1. The second-order valence-electron chi connectivity index (χ2n) is 7.90. The first kappa shape index (κ1) is 22.1. The first-order valence-electron chi connectivity index (χ1n) is 10.7. The Bertz CT molecular complexity index is 1130. The molecule has 5 rings (SSSR count). The molecule has 174 valence electrons. The molecule has 0 saturated carbocycles. The number of anilines is 1. The lowest BCUT2D eigenvalue weighted by Crippen LogP contribution is -2.49. The van der Waals surface area contributed by atoms with Gasteiger partial charge in [-0.3, -0.25) is 19.8 Å². The van der Waals surface area contributed by atoms with Crippen LogP contribution in [0.3, 0.4) is 0 Å². The third kappa shape index (κ3) is 4.30. The van der Waals surface area contributed by atoms with Crippen LogP contribution >= 0.6 is 23.1 Å². The molecule has 10 nitrogen and oxygen atoms in total. The highest BCUT2D eigenvalue weighted by atomic mass is 32.2. The van der Waals surface area contributed by atoms with Crippen LogP contribution in [0.4, 0.5) is 14.7 Å². The van der Waals surface area contributed by atoms with Crippen LogP contribution in [-0.2, 0) is 9.53 Å². The number of nitrogens with one attached hydrogen (secondary N) is 1. The summed E-state index contributed by atoms with van der Waals surface area (Å²) in [7, 11) is 1.55. The molecule has 0 spiro atoms. The predicted octanol–water partition coefficient (Wildman–Crippen LogP) is 3.20. The van der Waals surface area contributed by atoms with E-state index >= 15 is 0 Å². The number of hydrogen-bond donors (Lipinski definition) is 1. The number of fused-ring (bicyclic) bond motifs is 1. The summed E-state index contributed by atoms with van der Waals surface area (Å²) in [5, 5.41) is 3.19. The zero-order valence-electron chi connectivity index (χ0n) is 18.0. The number of urea groups is 1. The highest BCUT2D eigenvalue weighted by Gasteiger charge is 2.38. The van der Waals surface area contributed by atoms with E-state index in [-0.39, 0.29) is 29.0 Å². The van der Waals surface area contributed by atoms with Gasteiger partial charge in [0, 0.05) is 30.9 Å². The fourth-order valence-electron chi connectivity index (χ4n) is 4.31. The number of carbonyl (C=O) groups is 3. The Kier molecular flexibility index (Phi) is 6.21. The molecule has 1 N–H and O–H groups in total. The molecule has 0 aromatic carbocycles. The van der Waals surface area contributed by atoms with E-state index in [2.05, 4.69) is 15.3 Å². The lowest BCUT2D eigenvalue weighted by molar-refractivity contribution is -0.126. The third-order valence-corrected chi connectivity index (χ3v) is 7.84. The van der Waals surface area contributed by atoms with Gasteiger partial charge in [-0.2, -0.15) is 0 Å². The van der Waals surface area contributed by atoms with Crippen LogP contribution in [0.1, 0.15) is 24.8 Å². The maximum Gasteiger partial charge on any atom is 0.323 e. The molecule has 0 radical (unpaired) electrons. The number of amides is 4. The molecule has 2 fully saturated rings. The average molecular weight is 490 g/mol. The number of nitrogens with zero attached hydrogens (tertiary/aromatic N) is 4. The van der Waals surface area contributed by atoms with Crippen molar-refractivity contribution in [2.45, 2.75) is 25.3 Å². The van der Waals surface area contributed by atoms with Gasteiger partial charge in [-0.05, 0) is 24.8 Å². The molecule has 0 unspecified atom stereocenters. The van der Waals surface area contributed by atoms with Crippen LogP contribution in [-0.4, -0.2) is 82.2 Å². The fraction of sp³-hybridized carbons (Fsp3) is 0.476. The number of rotatable bonds is 4. The van der Waals surface area contributed by atoms with Gasteiger partial charge < -0.3 is 14.4 Å². The van der Waals surface area contributed by atoms with E-state index in [0.717, 1.165) is 34.0 Å². The first-order valence-corrected chi connectivity index (χ1v) is 12.5. The molecule has 2 aromatic rings. The largest absolute Gasteiger partial charge is 0.479 e. The lowest BCUT2D eigenvalue weighted by Gasteiger charge is -2.35. The van der Waals surface area contributed by atoms with Crippen LogP contribution in [0.2, 0.25) is 0 Å². The zero-order valence-corrected chi connectivity index (χ0v) is 19.7. The van der Waals surface area contributed by atoms with Crippen LogP contribution < -0.4 is 10.1 Å². The van der Waals surface area contributed by atoms with E-state index in [9.17, 15) is 14.4 Å². The van der Waals surface area contributed by atoms with Crippen LogP contribution in [0.15, 0.2) is 12.3 Å². The molecule has 0 atom stereocenters. The van der Waals surface area contributed by atoms with Crippen molar-refractivity contribution in [2.75, 3.05) is 44.5 Å². The standard InChI is InChI=1S/C21H23N5O5S2/c1-30-18-16-17(14(10-22-18)12-4-8-31-9-5-12)33-19(23-16)24-20(28)25-6-2-13(3-7-25)26-15(27)11-32-21(26)29/h4,10,13H,2-3,5-9,11H2,1H3,(H,23,24,28). The molecule has 2 saturated heterocycles. The highest BCUT2D eigenvalue weighted by Crippen LogP contribution is 2.38. The molecule has 33 heavy (non-hydrogen) atoms. The van der Waals surface area contributed by atoms with Crippen molar-refractivity contribution in [1.82, 2.24) is 19.8 Å². The summed E-state index contributed by atoms with van der Waals surface area (Å²) in [6, 6.07) is -0.392. The summed E-state index contributed by atoms with van der Waals surface area (Å²) in [6.45, 7) is 2.15. The quantitative estimate of drug-likeness (QED) is 0.697. The Morgan fingerprint density at radius 1 is 1.30 bits per heavy atom. The number of thiazole rings is 1. The molecule has 0 bridgehead atoms. The maximum absolute atomic E-state index is 12.9. The Morgan fingerprint density at radius 2 is 2.12 bits per heavy atom. The van der Waals surface area contributed by atoms with Gasteiger partial charge in [-0.1, -0.05) is 29.2 Å². The minimum Gasteiger partial charge on any atom is -0.479 e. The number of piperidine rings is 1. The molecule has 2 aromatic heterocycles. The van der Waals surface area contributed by atoms with Crippen molar-refractivity contribution < 1.29 is 23.9 Å². The summed E-state index contributed by atoms with van der Waals surface area (Å²) in [5.41, 5.74) is 2.74. The van der Waals surface area contributed by atoms with Crippen molar-refractivity contribution in [2.24, 2.45) is 0 Å². The minimum absolute atomic E-state index is 0.139. The fourth-order valence-corrected chi connectivity index (χ4v) is 6.08. The SMILES string of the molecule is COc1ncc(C2=CCOCC2)c2sc(NC(=O)N3CCC(N4C(=O)CSC4=O)CC3)nc12. The van der Waals surface area contributed by atoms with E-state index < -0.39 is 0 Å². The Balaban J connectivity index is 1.30. The Morgan fingerprint density at radius 3 is 2.79 bits per heavy atom. The summed E-state index contributed by atoms with van der Waals surface area (Å²) < 4.78 is 11.7. The number of methoxy groups -OCH3 is 1. The number of ether oxygens (including phenoxy) is 2. The topological polar surface area (TPSA) is 114 Å². The van der Waals surface area contributed by atoms with Crippen molar-refractivity contribution in [1.29, 1.82) is 0 Å². The van der Waals surface area contributed by atoms with Crippen molar-refractivity contribution in [3.05, 3.63) is 17.8 Å². The zero-order chi connectivity index (χ0) is 22.9. The number of thioether (sulfide) groups is 1. The van der Waals surface area contributed by atoms with Gasteiger partial charge in [0.2, 0.25) is 11.8 Å². The number of aromatic nitrogens is 2. The molecule has 5 heterocycles. The Hall–Kier alpha value is -2.70. The lowest BCUT2D eigenvalue weighted by atomic mass is 10.0. The first-order chi connectivity index (χ1) is 16.0. The van der Waals surface area contributed by atoms with Crippen molar-refractivity contribution in [3.8, 4) is 5.88 Å². The predicted molar refractivity (Wildman–Crippen MR) is 126 cm³/mol. The highest BCUT2D eigenvalue weighted by molar-refractivity contribution is 8.14. The van der Waals surface area contributed by atoms with Crippen LogP contribution in [0, 0.1) is 0 Å². The molecule has 3 aliphatic heterocycles. The van der Waals surface area contributed by atoms with E-state index in [1.807, 2.05) is 6.08 Å². The van der Waals surface area contributed by atoms with E-state index in [1.165, 1.54) is 16.2 Å². The smallest absolute Gasteiger partial charge is 0.323 e. The van der Waals surface area contributed by atoms with Gasteiger partial charge in [-0.15, -0.1) is 0 Å². The normalized spacial score (nSPS) is 19.8. The monoisotopic (exact) mass is 489 g/mol. The van der Waals surface area contributed by atoms with Gasteiger partial charge >= 0.3 is 6.03 Å². The van der Waals surface area contributed by atoms with Crippen LogP contribution in [0.5, 0.6) is 5.88 Å². The molecule has 12 heteroatoms. The Labute approximate surface area is 198 Å².